The lowest BCUT2D eigenvalue weighted by Crippen LogP contribution is -2.28. The maximum absolute atomic E-state index is 5.48. The van der Waals surface area contributed by atoms with Crippen LogP contribution in [0.15, 0.2) is 24.3 Å². The summed E-state index contributed by atoms with van der Waals surface area (Å²) >= 11 is 0. The Hall–Kier alpha value is -0.900. The van der Waals surface area contributed by atoms with E-state index in [1.165, 1.54) is 24.0 Å². The zero-order valence-electron chi connectivity index (χ0n) is 13.6. The molecule has 1 aromatic rings. The molecule has 1 saturated carbocycles. The highest BCUT2D eigenvalue weighted by Gasteiger charge is 2.19. The first-order valence-electron chi connectivity index (χ1n) is 8.43. The van der Waals surface area contributed by atoms with Gasteiger partial charge in [-0.05, 0) is 50.4 Å². The molecular weight excluding hydrogens is 260 g/mol. The smallest absolute Gasteiger partial charge is 0.0593 e. The van der Waals surface area contributed by atoms with Crippen LogP contribution in [0.4, 0.5) is 0 Å². The van der Waals surface area contributed by atoms with Crippen molar-refractivity contribution >= 4 is 0 Å². The van der Waals surface area contributed by atoms with Crippen LogP contribution >= 0.6 is 0 Å². The van der Waals surface area contributed by atoms with Gasteiger partial charge in [-0.2, -0.15) is 0 Å². The van der Waals surface area contributed by atoms with Crippen LogP contribution in [0.5, 0.6) is 0 Å². The Balaban J connectivity index is 1.84. The van der Waals surface area contributed by atoms with Crippen molar-refractivity contribution in [3.05, 3.63) is 35.4 Å². The monoisotopic (exact) mass is 290 g/mol. The molecule has 0 radical (unpaired) electrons. The van der Waals surface area contributed by atoms with E-state index in [9.17, 15) is 0 Å². The van der Waals surface area contributed by atoms with E-state index in [1.807, 2.05) is 0 Å². The standard InChI is InChI=1S/C18H30N2O/c1-3-20(13-14-21-4-2)15-17-8-6-5-7-16(17)11-12-19-18-9-10-18/h5-8,18-19H,3-4,9-15H2,1-2H3. The van der Waals surface area contributed by atoms with Crippen molar-refractivity contribution in [2.45, 2.75) is 45.7 Å². The largest absolute Gasteiger partial charge is 0.380 e. The molecule has 1 aliphatic carbocycles. The molecule has 0 bridgehead atoms. The summed E-state index contributed by atoms with van der Waals surface area (Å²) in [6, 6.07) is 9.67. The summed E-state index contributed by atoms with van der Waals surface area (Å²) in [6.45, 7) is 10.1. The SMILES string of the molecule is CCOCCN(CC)Cc1ccccc1CCNC1CC1. The van der Waals surface area contributed by atoms with Crippen LogP contribution in [0.1, 0.15) is 37.8 Å². The molecule has 0 atom stereocenters. The van der Waals surface area contributed by atoms with Crippen LogP contribution in [0, 0.1) is 0 Å². The van der Waals surface area contributed by atoms with Crippen LogP contribution in [-0.4, -0.2) is 43.8 Å². The second-order valence-corrected chi connectivity index (χ2v) is 5.81. The lowest BCUT2D eigenvalue weighted by Gasteiger charge is -2.22. The van der Waals surface area contributed by atoms with Crippen molar-refractivity contribution in [2.24, 2.45) is 0 Å². The van der Waals surface area contributed by atoms with Gasteiger partial charge in [-0.3, -0.25) is 4.90 Å². The summed E-state index contributed by atoms with van der Waals surface area (Å²) in [6.07, 6.45) is 3.86. The molecular formula is C18H30N2O. The molecule has 2 rings (SSSR count). The molecule has 0 amide bonds. The predicted octanol–water partition coefficient (Wildman–Crippen LogP) is 2.84. The zero-order chi connectivity index (χ0) is 14.9. The van der Waals surface area contributed by atoms with Crippen LogP contribution in [-0.2, 0) is 17.7 Å². The number of nitrogens with zero attached hydrogens (tertiary/aromatic N) is 1. The number of likely N-dealkylation sites (N-methyl/N-ethyl adjacent to an activating group) is 1. The summed E-state index contributed by atoms with van der Waals surface area (Å²) in [5.41, 5.74) is 2.95. The van der Waals surface area contributed by atoms with E-state index in [2.05, 4.69) is 48.3 Å². The van der Waals surface area contributed by atoms with Crippen LogP contribution in [0.2, 0.25) is 0 Å². The van der Waals surface area contributed by atoms with Crippen molar-refractivity contribution in [3.8, 4) is 0 Å². The van der Waals surface area contributed by atoms with E-state index in [0.717, 1.165) is 51.9 Å². The van der Waals surface area contributed by atoms with Crippen LogP contribution in [0.3, 0.4) is 0 Å². The second kappa shape index (κ2) is 9.19. The quantitative estimate of drug-likeness (QED) is 0.634. The fourth-order valence-corrected chi connectivity index (χ4v) is 2.58. The first-order chi connectivity index (χ1) is 10.3. The molecule has 0 aliphatic heterocycles. The molecule has 0 heterocycles. The molecule has 1 fully saturated rings. The second-order valence-electron chi connectivity index (χ2n) is 5.81. The van der Waals surface area contributed by atoms with Gasteiger partial charge < -0.3 is 10.1 Å². The Labute approximate surface area is 129 Å². The third kappa shape index (κ3) is 6.16. The topological polar surface area (TPSA) is 24.5 Å². The van der Waals surface area contributed by atoms with Gasteiger partial charge in [0.2, 0.25) is 0 Å². The van der Waals surface area contributed by atoms with E-state index in [-0.39, 0.29) is 0 Å². The molecule has 1 N–H and O–H groups in total. The van der Waals surface area contributed by atoms with Crippen molar-refractivity contribution in [1.29, 1.82) is 0 Å². The number of benzene rings is 1. The number of ether oxygens (including phenoxy) is 1. The minimum atomic E-state index is 0.801. The van der Waals surface area contributed by atoms with E-state index < -0.39 is 0 Å². The van der Waals surface area contributed by atoms with Gasteiger partial charge in [-0.1, -0.05) is 31.2 Å². The van der Waals surface area contributed by atoms with Gasteiger partial charge in [0.05, 0.1) is 6.61 Å². The van der Waals surface area contributed by atoms with Gasteiger partial charge in [-0.25, -0.2) is 0 Å². The fourth-order valence-electron chi connectivity index (χ4n) is 2.58. The van der Waals surface area contributed by atoms with Crippen LogP contribution < -0.4 is 5.32 Å². The summed E-state index contributed by atoms with van der Waals surface area (Å²) in [5.74, 6) is 0. The van der Waals surface area contributed by atoms with Gasteiger partial charge in [0.25, 0.3) is 0 Å². The van der Waals surface area contributed by atoms with Crippen LogP contribution in [0.25, 0.3) is 0 Å². The first-order valence-corrected chi connectivity index (χ1v) is 8.43. The number of rotatable bonds is 11. The summed E-state index contributed by atoms with van der Waals surface area (Å²) in [4.78, 5) is 2.46. The maximum atomic E-state index is 5.48. The first kappa shape index (κ1) is 16.5. The van der Waals surface area contributed by atoms with Gasteiger partial charge >= 0.3 is 0 Å². The van der Waals surface area contributed by atoms with E-state index in [0.29, 0.717) is 0 Å². The summed E-state index contributed by atoms with van der Waals surface area (Å²) in [7, 11) is 0. The molecule has 3 heteroatoms. The number of hydrogen-bond donors (Lipinski definition) is 1. The molecule has 1 aromatic carbocycles. The summed E-state index contributed by atoms with van der Waals surface area (Å²) in [5, 5.41) is 3.61. The Morgan fingerprint density at radius 3 is 2.62 bits per heavy atom. The highest BCUT2D eigenvalue weighted by molar-refractivity contribution is 5.27. The Kier molecular flexibility index (Phi) is 7.20. The van der Waals surface area contributed by atoms with Gasteiger partial charge in [0.1, 0.15) is 0 Å². The molecule has 3 nitrogen and oxygen atoms in total. The molecule has 21 heavy (non-hydrogen) atoms. The third-order valence-corrected chi connectivity index (χ3v) is 4.12. The molecule has 0 saturated heterocycles. The van der Waals surface area contributed by atoms with Gasteiger partial charge in [-0.15, -0.1) is 0 Å². The van der Waals surface area contributed by atoms with Gasteiger partial charge in [0, 0.05) is 25.7 Å². The van der Waals surface area contributed by atoms with Crippen molar-refractivity contribution in [1.82, 2.24) is 10.2 Å². The third-order valence-electron chi connectivity index (χ3n) is 4.12. The Morgan fingerprint density at radius 2 is 1.95 bits per heavy atom. The molecule has 0 aromatic heterocycles. The Bertz CT molecular complexity index is 404. The zero-order valence-corrected chi connectivity index (χ0v) is 13.6. The molecule has 1 aliphatic rings. The Morgan fingerprint density at radius 1 is 1.19 bits per heavy atom. The number of hydrogen-bond acceptors (Lipinski definition) is 3. The fraction of sp³-hybridized carbons (Fsp3) is 0.667. The highest BCUT2D eigenvalue weighted by Crippen LogP contribution is 2.19. The average molecular weight is 290 g/mol. The van der Waals surface area contributed by atoms with E-state index >= 15 is 0 Å². The molecule has 0 spiro atoms. The predicted molar refractivity (Wildman–Crippen MR) is 88.6 cm³/mol. The lowest BCUT2D eigenvalue weighted by molar-refractivity contribution is 0.113. The normalized spacial score (nSPS) is 14.8. The van der Waals surface area contributed by atoms with Crippen molar-refractivity contribution in [2.75, 3.05) is 32.8 Å². The summed E-state index contributed by atoms with van der Waals surface area (Å²) < 4.78 is 5.48. The maximum Gasteiger partial charge on any atom is 0.0593 e. The van der Waals surface area contributed by atoms with E-state index in [1.54, 1.807) is 0 Å². The number of nitrogens with one attached hydrogen (secondary N) is 1. The van der Waals surface area contributed by atoms with Crippen molar-refractivity contribution < 1.29 is 4.74 Å². The minimum Gasteiger partial charge on any atom is -0.380 e. The highest BCUT2D eigenvalue weighted by atomic mass is 16.5. The van der Waals surface area contributed by atoms with E-state index in [4.69, 9.17) is 4.74 Å². The molecule has 118 valence electrons. The van der Waals surface area contributed by atoms with Gasteiger partial charge in [0.15, 0.2) is 0 Å². The minimum absolute atomic E-state index is 0.801. The van der Waals surface area contributed by atoms with Crippen molar-refractivity contribution in [3.63, 3.8) is 0 Å². The lowest BCUT2D eigenvalue weighted by atomic mass is 10.0. The average Bonchev–Trinajstić information content (AvgIpc) is 3.32. The molecule has 0 unspecified atom stereocenters.